The molecule has 0 unspecified atom stereocenters. The molecular formula is C19H14BrFN2O4. The summed E-state index contributed by atoms with van der Waals surface area (Å²) < 4.78 is 25.1. The van der Waals surface area contributed by atoms with Crippen molar-refractivity contribution >= 4 is 27.9 Å². The number of ether oxygens (including phenoxy) is 2. The van der Waals surface area contributed by atoms with Gasteiger partial charge in [-0.15, -0.1) is 0 Å². The highest BCUT2D eigenvalue weighted by molar-refractivity contribution is 9.10. The van der Waals surface area contributed by atoms with E-state index in [1.165, 1.54) is 31.0 Å². The lowest BCUT2D eigenvalue weighted by atomic mass is 10.1. The van der Waals surface area contributed by atoms with Gasteiger partial charge in [0.05, 0.1) is 24.4 Å². The van der Waals surface area contributed by atoms with E-state index in [1.807, 2.05) is 0 Å². The number of aromatic nitrogens is 2. The number of hydrogen-bond donors (Lipinski definition) is 0. The third-order valence-electron chi connectivity index (χ3n) is 3.86. The van der Waals surface area contributed by atoms with E-state index in [-0.39, 0.29) is 21.4 Å². The van der Waals surface area contributed by atoms with Gasteiger partial charge in [-0.1, -0.05) is 30.3 Å². The Morgan fingerprint density at radius 2 is 1.67 bits per heavy atom. The third kappa shape index (κ3) is 3.35. The number of carbonyl (C=O) groups excluding carboxylic acids is 2. The van der Waals surface area contributed by atoms with E-state index in [0.29, 0.717) is 11.3 Å². The molecule has 0 saturated heterocycles. The second kappa shape index (κ2) is 7.71. The normalized spacial score (nSPS) is 10.5. The lowest BCUT2D eigenvalue weighted by Gasteiger charge is -2.07. The van der Waals surface area contributed by atoms with Crippen LogP contribution < -0.4 is 0 Å². The van der Waals surface area contributed by atoms with Crippen LogP contribution in [-0.4, -0.2) is 35.9 Å². The van der Waals surface area contributed by atoms with E-state index in [4.69, 9.17) is 9.47 Å². The fraction of sp³-hybridized carbons (Fsp3) is 0.105. The minimum Gasteiger partial charge on any atom is -0.465 e. The van der Waals surface area contributed by atoms with Crippen molar-refractivity contribution < 1.29 is 23.5 Å². The molecule has 0 N–H and O–H groups in total. The Kier molecular flexibility index (Phi) is 5.36. The molecule has 0 aliphatic rings. The van der Waals surface area contributed by atoms with Gasteiger partial charge in [-0.2, -0.15) is 5.10 Å². The smallest absolute Gasteiger partial charge is 0.357 e. The minimum absolute atomic E-state index is 0.0949. The fourth-order valence-electron chi connectivity index (χ4n) is 2.63. The minimum atomic E-state index is -0.788. The first-order valence-corrected chi connectivity index (χ1v) is 8.58. The highest BCUT2D eigenvalue weighted by Crippen LogP contribution is 2.34. The summed E-state index contributed by atoms with van der Waals surface area (Å²) in [5, 5.41) is 4.41. The van der Waals surface area contributed by atoms with Crippen molar-refractivity contribution in [1.29, 1.82) is 0 Å². The molecule has 1 aromatic heterocycles. The van der Waals surface area contributed by atoms with E-state index >= 15 is 0 Å². The number of methoxy groups -OCH3 is 2. The molecule has 2 aromatic carbocycles. The molecule has 0 atom stereocenters. The predicted octanol–water partition coefficient (Wildman–Crippen LogP) is 4.01. The molecule has 6 nitrogen and oxygen atoms in total. The van der Waals surface area contributed by atoms with Gasteiger partial charge in [-0.05, 0) is 34.1 Å². The van der Waals surface area contributed by atoms with E-state index in [1.54, 1.807) is 36.4 Å². The number of rotatable bonds is 4. The Morgan fingerprint density at radius 1 is 1.00 bits per heavy atom. The SMILES string of the molecule is COC(=O)c1c(-c2cccc(F)c2Br)nn(-c2ccccc2)c1C(=O)OC. The van der Waals surface area contributed by atoms with Gasteiger partial charge >= 0.3 is 11.9 Å². The predicted molar refractivity (Wildman–Crippen MR) is 99.3 cm³/mol. The highest BCUT2D eigenvalue weighted by Gasteiger charge is 2.32. The molecule has 0 bridgehead atoms. The molecule has 0 aliphatic heterocycles. The lowest BCUT2D eigenvalue weighted by Crippen LogP contribution is -2.15. The molecule has 3 rings (SSSR count). The number of para-hydroxylation sites is 1. The van der Waals surface area contributed by atoms with Crippen LogP contribution in [0.5, 0.6) is 0 Å². The number of carbonyl (C=O) groups is 2. The summed E-state index contributed by atoms with van der Waals surface area (Å²) in [6.45, 7) is 0. The van der Waals surface area contributed by atoms with Crippen LogP contribution >= 0.6 is 15.9 Å². The fourth-order valence-corrected chi connectivity index (χ4v) is 3.08. The van der Waals surface area contributed by atoms with Gasteiger partial charge in [-0.3, -0.25) is 0 Å². The van der Waals surface area contributed by atoms with Crippen molar-refractivity contribution in [2.45, 2.75) is 0 Å². The van der Waals surface area contributed by atoms with E-state index < -0.39 is 17.8 Å². The zero-order chi connectivity index (χ0) is 19.6. The van der Waals surface area contributed by atoms with Crippen LogP contribution in [0.25, 0.3) is 16.9 Å². The van der Waals surface area contributed by atoms with Crippen LogP contribution in [0.3, 0.4) is 0 Å². The van der Waals surface area contributed by atoms with Crippen LogP contribution in [0.1, 0.15) is 20.8 Å². The molecule has 0 spiro atoms. The van der Waals surface area contributed by atoms with Gasteiger partial charge in [0.1, 0.15) is 17.1 Å². The summed E-state index contributed by atoms with van der Waals surface area (Å²) in [5.41, 5.74) is 0.704. The van der Waals surface area contributed by atoms with Crippen LogP contribution in [0, 0.1) is 5.82 Å². The van der Waals surface area contributed by atoms with Crippen molar-refractivity contribution in [3.05, 3.63) is 70.1 Å². The summed E-state index contributed by atoms with van der Waals surface area (Å²) in [7, 11) is 2.39. The first-order chi connectivity index (χ1) is 13.0. The monoisotopic (exact) mass is 432 g/mol. The molecule has 138 valence electrons. The Morgan fingerprint density at radius 3 is 2.30 bits per heavy atom. The summed E-state index contributed by atoms with van der Waals surface area (Å²) in [6, 6.07) is 13.1. The molecule has 0 fully saturated rings. The summed E-state index contributed by atoms with van der Waals surface area (Å²) in [6.07, 6.45) is 0. The molecular weight excluding hydrogens is 419 g/mol. The molecule has 3 aromatic rings. The first kappa shape index (κ1) is 18.8. The zero-order valence-corrected chi connectivity index (χ0v) is 16.0. The Balaban J connectivity index is 2.40. The van der Waals surface area contributed by atoms with Gasteiger partial charge in [0, 0.05) is 5.56 Å². The van der Waals surface area contributed by atoms with Crippen molar-refractivity contribution in [3.8, 4) is 16.9 Å². The summed E-state index contributed by atoms with van der Waals surface area (Å²) in [4.78, 5) is 25.0. The van der Waals surface area contributed by atoms with E-state index in [2.05, 4.69) is 21.0 Å². The summed E-state index contributed by atoms with van der Waals surface area (Å²) >= 11 is 3.17. The molecule has 8 heteroatoms. The van der Waals surface area contributed by atoms with Gasteiger partial charge in [0.2, 0.25) is 0 Å². The molecule has 0 aliphatic carbocycles. The number of hydrogen-bond acceptors (Lipinski definition) is 5. The third-order valence-corrected chi connectivity index (χ3v) is 4.67. The van der Waals surface area contributed by atoms with E-state index in [0.717, 1.165) is 0 Å². The second-order valence-electron chi connectivity index (χ2n) is 5.40. The van der Waals surface area contributed by atoms with Gasteiger partial charge < -0.3 is 9.47 Å². The maximum Gasteiger partial charge on any atom is 0.357 e. The van der Waals surface area contributed by atoms with Crippen molar-refractivity contribution in [3.63, 3.8) is 0 Å². The Hall–Kier alpha value is -3.00. The van der Waals surface area contributed by atoms with Gasteiger partial charge in [0.25, 0.3) is 0 Å². The molecule has 0 radical (unpaired) electrons. The zero-order valence-electron chi connectivity index (χ0n) is 14.4. The quantitative estimate of drug-likeness (QED) is 0.582. The molecule has 0 amide bonds. The number of esters is 2. The van der Waals surface area contributed by atoms with Crippen LogP contribution in [0.2, 0.25) is 0 Å². The van der Waals surface area contributed by atoms with Crippen LogP contribution in [0.4, 0.5) is 4.39 Å². The van der Waals surface area contributed by atoms with Crippen molar-refractivity contribution in [2.24, 2.45) is 0 Å². The van der Waals surface area contributed by atoms with Crippen molar-refractivity contribution in [1.82, 2.24) is 9.78 Å². The van der Waals surface area contributed by atoms with Crippen LogP contribution in [0.15, 0.2) is 53.0 Å². The van der Waals surface area contributed by atoms with Crippen LogP contribution in [-0.2, 0) is 9.47 Å². The lowest BCUT2D eigenvalue weighted by molar-refractivity contribution is 0.0549. The number of nitrogens with zero attached hydrogens (tertiary/aromatic N) is 2. The largest absolute Gasteiger partial charge is 0.465 e. The second-order valence-corrected chi connectivity index (χ2v) is 6.20. The molecule has 1 heterocycles. The maximum atomic E-state index is 14.0. The number of halogens is 2. The summed E-state index contributed by atoms with van der Waals surface area (Å²) in [5.74, 6) is -2.09. The van der Waals surface area contributed by atoms with Gasteiger partial charge in [0.15, 0.2) is 5.69 Å². The van der Waals surface area contributed by atoms with E-state index in [9.17, 15) is 14.0 Å². The Bertz CT molecular complexity index is 1020. The highest BCUT2D eigenvalue weighted by atomic mass is 79.9. The average molecular weight is 433 g/mol. The Labute approximate surface area is 162 Å². The maximum absolute atomic E-state index is 14.0. The average Bonchev–Trinajstić information content (AvgIpc) is 3.09. The number of benzene rings is 2. The topological polar surface area (TPSA) is 70.4 Å². The molecule has 0 saturated carbocycles. The van der Waals surface area contributed by atoms with Gasteiger partial charge in [-0.25, -0.2) is 18.7 Å². The van der Waals surface area contributed by atoms with Crippen molar-refractivity contribution in [2.75, 3.05) is 14.2 Å². The standard InChI is InChI=1S/C19H14BrFN2O4/c1-26-18(24)14-16(12-9-6-10-13(21)15(12)20)22-23(17(14)19(25)27-2)11-7-4-3-5-8-11/h3-10H,1-2H3. The molecule has 27 heavy (non-hydrogen) atoms. The first-order valence-electron chi connectivity index (χ1n) is 7.79.